The Morgan fingerprint density at radius 1 is 1.05 bits per heavy atom. The first-order valence-corrected chi connectivity index (χ1v) is 7.65. The Morgan fingerprint density at radius 2 is 1.76 bits per heavy atom. The summed E-state index contributed by atoms with van der Waals surface area (Å²) in [6.07, 6.45) is 1.73. The maximum atomic E-state index is 6.25. The summed E-state index contributed by atoms with van der Waals surface area (Å²) < 4.78 is 5.17. The van der Waals surface area contributed by atoms with Crippen molar-refractivity contribution in [3.8, 4) is 5.75 Å². The van der Waals surface area contributed by atoms with Crippen LogP contribution >= 0.6 is 23.2 Å². The minimum absolute atomic E-state index is 0.328. The van der Waals surface area contributed by atoms with Crippen molar-refractivity contribution in [3.63, 3.8) is 0 Å². The van der Waals surface area contributed by atoms with Gasteiger partial charge in [-0.05, 0) is 54.6 Å². The maximum absolute atomic E-state index is 6.25. The second-order valence-corrected chi connectivity index (χ2v) is 5.86. The van der Waals surface area contributed by atoms with Crippen LogP contribution in [0.4, 0.5) is 0 Å². The molecule has 0 bridgehead atoms. The lowest BCUT2D eigenvalue weighted by molar-refractivity contribution is 0.414. The van der Waals surface area contributed by atoms with Crippen molar-refractivity contribution in [1.82, 2.24) is 0 Å². The largest absolute Gasteiger partial charge is 0.497 e. The first-order valence-electron chi connectivity index (χ1n) is 6.90. The Bertz CT molecular complexity index is 584. The Balaban J connectivity index is 2.07. The number of benzene rings is 2. The molecule has 21 heavy (non-hydrogen) atoms. The van der Waals surface area contributed by atoms with Gasteiger partial charge < -0.3 is 10.5 Å². The van der Waals surface area contributed by atoms with Crippen LogP contribution in [-0.2, 0) is 12.8 Å². The van der Waals surface area contributed by atoms with Gasteiger partial charge in [-0.3, -0.25) is 0 Å². The van der Waals surface area contributed by atoms with Crippen LogP contribution in [0.3, 0.4) is 0 Å². The Kier molecular flexibility index (Phi) is 5.92. The van der Waals surface area contributed by atoms with Crippen molar-refractivity contribution in [2.24, 2.45) is 11.7 Å². The van der Waals surface area contributed by atoms with Crippen LogP contribution in [0.1, 0.15) is 11.1 Å². The predicted octanol–water partition coefficient (Wildman–Crippen LogP) is 4.36. The molecule has 0 amide bonds. The summed E-state index contributed by atoms with van der Waals surface area (Å²) in [4.78, 5) is 0. The third-order valence-corrected chi connectivity index (χ3v) is 4.41. The molecule has 2 N–H and O–H groups in total. The number of ether oxygens (including phenoxy) is 1. The molecule has 0 saturated heterocycles. The number of hydrogen-bond acceptors (Lipinski definition) is 2. The zero-order valence-corrected chi connectivity index (χ0v) is 13.5. The van der Waals surface area contributed by atoms with Crippen molar-refractivity contribution < 1.29 is 4.74 Å². The zero-order valence-electron chi connectivity index (χ0n) is 12.0. The van der Waals surface area contributed by atoms with Gasteiger partial charge in [-0.15, -0.1) is 0 Å². The van der Waals surface area contributed by atoms with E-state index in [1.165, 1.54) is 5.56 Å². The van der Waals surface area contributed by atoms with Gasteiger partial charge >= 0.3 is 0 Å². The molecule has 0 radical (unpaired) electrons. The van der Waals surface area contributed by atoms with E-state index in [0.29, 0.717) is 22.5 Å². The minimum atomic E-state index is 0.328. The highest BCUT2D eigenvalue weighted by atomic mass is 35.5. The van der Waals surface area contributed by atoms with Crippen LogP contribution in [0.15, 0.2) is 42.5 Å². The Hall–Kier alpha value is -1.22. The van der Waals surface area contributed by atoms with E-state index in [1.54, 1.807) is 13.2 Å². The molecule has 0 heterocycles. The highest BCUT2D eigenvalue weighted by Gasteiger charge is 2.12. The summed E-state index contributed by atoms with van der Waals surface area (Å²) in [6.45, 7) is 0.606. The number of methoxy groups -OCH3 is 1. The quantitative estimate of drug-likeness (QED) is 0.857. The molecule has 0 spiro atoms. The van der Waals surface area contributed by atoms with Gasteiger partial charge in [0.05, 0.1) is 17.2 Å². The van der Waals surface area contributed by atoms with E-state index in [-0.39, 0.29) is 0 Å². The van der Waals surface area contributed by atoms with Gasteiger partial charge in [-0.1, -0.05) is 47.5 Å². The summed E-state index contributed by atoms with van der Waals surface area (Å²) in [6, 6.07) is 13.8. The molecule has 2 nitrogen and oxygen atoms in total. The van der Waals surface area contributed by atoms with E-state index >= 15 is 0 Å². The molecule has 0 aliphatic rings. The molecule has 2 rings (SSSR count). The van der Waals surface area contributed by atoms with Gasteiger partial charge in [-0.25, -0.2) is 0 Å². The van der Waals surface area contributed by atoms with E-state index in [4.69, 9.17) is 33.7 Å². The standard InChI is InChI=1S/C17H19Cl2NO/c1-21-15-7-5-12(6-8-15)9-13(11-20)10-14-3-2-4-16(18)17(14)19/h2-8,13H,9-11,20H2,1H3. The van der Waals surface area contributed by atoms with Crippen LogP contribution in [-0.4, -0.2) is 13.7 Å². The lowest BCUT2D eigenvalue weighted by Crippen LogP contribution is -2.19. The Labute approximate surface area is 135 Å². The molecule has 4 heteroatoms. The normalized spacial score (nSPS) is 12.2. The topological polar surface area (TPSA) is 35.2 Å². The summed E-state index contributed by atoms with van der Waals surface area (Å²) in [5.41, 5.74) is 8.20. The first-order chi connectivity index (χ1) is 10.1. The maximum Gasteiger partial charge on any atom is 0.118 e. The number of hydrogen-bond donors (Lipinski definition) is 1. The highest BCUT2D eigenvalue weighted by Crippen LogP contribution is 2.28. The molecule has 0 aromatic heterocycles. The fraction of sp³-hybridized carbons (Fsp3) is 0.294. The molecule has 0 saturated carbocycles. The molecule has 1 atom stereocenters. The summed E-state index contributed by atoms with van der Waals surface area (Å²) in [5.74, 6) is 1.19. The molecule has 2 aromatic rings. The highest BCUT2D eigenvalue weighted by molar-refractivity contribution is 6.42. The number of rotatable bonds is 6. The second-order valence-electron chi connectivity index (χ2n) is 5.07. The second kappa shape index (κ2) is 7.69. The van der Waals surface area contributed by atoms with E-state index in [1.807, 2.05) is 24.3 Å². The number of halogens is 2. The first kappa shape index (κ1) is 16.2. The third kappa shape index (κ3) is 4.37. The minimum Gasteiger partial charge on any atom is -0.497 e. The van der Waals surface area contributed by atoms with E-state index in [9.17, 15) is 0 Å². The molecular weight excluding hydrogens is 305 g/mol. The van der Waals surface area contributed by atoms with Crippen LogP contribution in [0.5, 0.6) is 5.75 Å². The van der Waals surface area contributed by atoms with Gasteiger partial charge in [-0.2, -0.15) is 0 Å². The van der Waals surface area contributed by atoms with Crippen LogP contribution in [0.25, 0.3) is 0 Å². The van der Waals surface area contributed by atoms with Gasteiger partial charge in [0, 0.05) is 0 Å². The summed E-state index contributed by atoms with van der Waals surface area (Å²) in [5, 5.41) is 1.22. The predicted molar refractivity (Wildman–Crippen MR) is 89.4 cm³/mol. The van der Waals surface area contributed by atoms with Crippen LogP contribution in [0, 0.1) is 5.92 Å². The fourth-order valence-electron chi connectivity index (χ4n) is 2.35. The fourth-order valence-corrected chi connectivity index (χ4v) is 2.75. The molecule has 1 unspecified atom stereocenters. The zero-order chi connectivity index (χ0) is 15.2. The van der Waals surface area contributed by atoms with Crippen molar-refractivity contribution in [1.29, 1.82) is 0 Å². The molecule has 0 aliphatic carbocycles. The van der Waals surface area contributed by atoms with Crippen molar-refractivity contribution in [2.45, 2.75) is 12.8 Å². The smallest absolute Gasteiger partial charge is 0.118 e. The van der Waals surface area contributed by atoms with Crippen molar-refractivity contribution >= 4 is 23.2 Å². The average Bonchev–Trinajstić information content (AvgIpc) is 2.51. The Morgan fingerprint density at radius 3 is 2.38 bits per heavy atom. The lowest BCUT2D eigenvalue weighted by atomic mass is 9.92. The molecule has 0 aliphatic heterocycles. The van der Waals surface area contributed by atoms with Gasteiger partial charge in [0.1, 0.15) is 5.75 Å². The summed E-state index contributed by atoms with van der Waals surface area (Å²) >= 11 is 12.3. The van der Waals surface area contributed by atoms with Gasteiger partial charge in [0.2, 0.25) is 0 Å². The van der Waals surface area contributed by atoms with Crippen LogP contribution in [0.2, 0.25) is 10.0 Å². The molecule has 112 valence electrons. The van der Waals surface area contributed by atoms with E-state index in [2.05, 4.69) is 12.1 Å². The van der Waals surface area contributed by atoms with Gasteiger partial charge in [0.15, 0.2) is 0 Å². The van der Waals surface area contributed by atoms with Gasteiger partial charge in [0.25, 0.3) is 0 Å². The van der Waals surface area contributed by atoms with E-state index < -0.39 is 0 Å². The summed E-state index contributed by atoms with van der Waals surface area (Å²) in [7, 11) is 1.67. The molecule has 0 fully saturated rings. The van der Waals surface area contributed by atoms with Crippen molar-refractivity contribution in [3.05, 3.63) is 63.6 Å². The molecule has 2 aromatic carbocycles. The van der Waals surface area contributed by atoms with Crippen LogP contribution < -0.4 is 10.5 Å². The monoisotopic (exact) mass is 323 g/mol. The third-order valence-electron chi connectivity index (χ3n) is 3.56. The van der Waals surface area contributed by atoms with E-state index in [0.717, 1.165) is 24.2 Å². The van der Waals surface area contributed by atoms with Crippen molar-refractivity contribution in [2.75, 3.05) is 13.7 Å². The SMILES string of the molecule is COc1ccc(CC(CN)Cc2cccc(Cl)c2Cl)cc1. The molecular formula is C17H19Cl2NO. The average molecular weight is 324 g/mol. The lowest BCUT2D eigenvalue weighted by Gasteiger charge is -2.16. The number of nitrogens with two attached hydrogens (primary N) is 1.